The van der Waals surface area contributed by atoms with Crippen molar-refractivity contribution in [2.75, 3.05) is 50.8 Å². The number of ether oxygens (including phenoxy) is 1. The predicted molar refractivity (Wildman–Crippen MR) is 123 cm³/mol. The summed E-state index contributed by atoms with van der Waals surface area (Å²) in [6.07, 6.45) is 0. The van der Waals surface area contributed by atoms with E-state index in [-0.39, 0.29) is 5.91 Å². The number of benzene rings is 2. The Hall–Kier alpha value is -2.64. The normalized spacial score (nSPS) is 14.8. The van der Waals surface area contributed by atoms with Crippen molar-refractivity contribution in [2.24, 2.45) is 0 Å². The van der Waals surface area contributed by atoms with Gasteiger partial charge in [0.1, 0.15) is 11.3 Å². The number of nitrogens with one attached hydrogen (secondary N) is 1. The van der Waals surface area contributed by atoms with E-state index in [0.717, 1.165) is 64.9 Å². The standard InChI is InChI=1S/C23H28N4O2S/c1-3-29-19-9-6-10-20-21(19)25-23(30-20)27-15-13-26(14-16-27)12-11-24-22(28)18-8-5-4-7-17(18)2/h4-10H,3,11-16H2,1-2H3,(H,24,28). The van der Waals surface area contributed by atoms with Crippen molar-refractivity contribution in [3.63, 3.8) is 0 Å². The van der Waals surface area contributed by atoms with E-state index >= 15 is 0 Å². The molecule has 0 atom stereocenters. The number of carbonyl (C=O) groups is 1. The molecule has 2 aromatic carbocycles. The average molecular weight is 425 g/mol. The maximum Gasteiger partial charge on any atom is 0.251 e. The number of anilines is 1. The highest BCUT2D eigenvalue weighted by Crippen LogP contribution is 2.34. The summed E-state index contributed by atoms with van der Waals surface area (Å²) in [4.78, 5) is 21.9. The second-order valence-corrected chi connectivity index (χ2v) is 8.44. The Kier molecular flexibility index (Phi) is 6.50. The summed E-state index contributed by atoms with van der Waals surface area (Å²) in [6.45, 7) is 9.94. The quantitative estimate of drug-likeness (QED) is 0.629. The number of hydrogen-bond acceptors (Lipinski definition) is 6. The van der Waals surface area contributed by atoms with E-state index in [1.54, 1.807) is 11.3 Å². The summed E-state index contributed by atoms with van der Waals surface area (Å²) in [6, 6.07) is 13.8. The number of fused-ring (bicyclic) bond motifs is 1. The number of piperazine rings is 1. The monoisotopic (exact) mass is 424 g/mol. The van der Waals surface area contributed by atoms with Gasteiger partial charge in [-0.15, -0.1) is 0 Å². The molecular weight excluding hydrogens is 396 g/mol. The van der Waals surface area contributed by atoms with Crippen LogP contribution in [0.2, 0.25) is 0 Å². The lowest BCUT2D eigenvalue weighted by Gasteiger charge is -2.34. The summed E-state index contributed by atoms with van der Waals surface area (Å²) >= 11 is 1.73. The summed E-state index contributed by atoms with van der Waals surface area (Å²) in [5.74, 6) is 0.867. The van der Waals surface area contributed by atoms with Crippen molar-refractivity contribution in [3.05, 3.63) is 53.6 Å². The first-order chi connectivity index (χ1) is 14.7. The van der Waals surface area contributed by atoms with Crippen LogP contribution in [0.5, 0.6) is 5.75 Å². The largest absolute Gasteiger partial charge is 0.492 e. The number of aromatic nitrogens is 1. The van der Waals surface area contributed by atoms with Crippen LogP contribution < -0.4 is 15.0 Å². The van der Waals surface area contributed by atoms with E-state index in [9.17, 15) is 4.79 Å². The van der Waals surface area contributed by atoms with E-state index in [1.165, 1.54) is 0 Å². The Morgan fingerprint density at radius 3 is 2.70 bits per heavy atom. The molecule has 1 aliphatic heterocycles. The Balaban J connectivity index is 1.28. The molecule has 0 radical (unpaired) electrons. The highest BCUT2D eigenvalue weighted by molar-refractivity contribution is 7.22. The minimum Gasteiger partial charge on any atom is -0.492 e. The van der Waals surface area contributed by atoms with E-state index in [0.29, 0.717) is 13.2 Å². The van der Waals surface area contributed by atoms with Crippen LogP contribution >= 0.6 is 11.3 Å². The fourth-order valence-corrected chi connectivity index (χ4v) is 4.77. The number of rotatable bonds is 7. The third kappa shape index (κ3) is 4.57. The van der Waals surface area contributed by atoms with Gasteiger partial charge >= 0.3 is 0 Å². The van der Waals surface area contributed by atoms with Crippen molar-refractivity contribution in [3.8, 4) is 5.75 Å². The number of hydrogen-bond donors (Lipinski definition) is 1. The Labute approximate surface area is 181 Å². The lowest BCUT2D eigenvalue weighted by atomic mass is 10.1. The molecule has 1 saturated heterocycles. The SMILES string of the molecule is CCOc1cccc2sc(N3CCN(CCNC(=O)c4ccccc4C)CC3)nc12. The molecular formula is C23H28N4O2S. The van der Waals surface area contributed by atoms with Gasteiger partial charge in [0, 0.05) is 44.8 Å². The molecule has 0 spiro atoms. The van der Waals surface area contributed by atoms with E-state index in [4.69, 9.17) is 9.72 Å². The first kappa shape index (κ1) is 20.6. The van der Waals surface area contributed by atoms with Crippen molar-refractivity contribution in [1.82, 2.24) is 15.2 Å². The predicted octanol–water partition coefficient (Wildman–Crippen LogP) is 3.56. The van der Waals surface area contributed by atoms with Crippen LogP contribution in [0.25, 0.3) is 10.2 Å². The number of carbonyl (C=O) groups excluding carboxylic acids is 1. The zero-order chi connectivity index (χ0) is 20.9. The fraction of sp³-hybridized carbons (Fsp3) is 0.391. The Morgan fingerprint density at radius 2 is 1.93 bits per heavy atom. The molecule has 1 amide bonds. The van der Waals surface area contributed by atoms with Crippen molar-refractivity contribution >= 4 is 32.6 Å². The summed E-state index contributed by atoms with van der Waals surface area (Å²) < 4.78 is 6.89. The third-order valence-corrected chi connectivity index (χ3v) is 6.50. The van der Waals surface area contributed by atoms with E-state index in [1.807, 2.05) is 50.2 Å². The van der Waals surface area contributed by atoms with Crippen molar-refractivity contribution < 1.29 is 9.53 Å². The first-order valence-corrected chi connectivity index (χ1v) is 11.3. The molecule has 0 unspecified atom stereocenters. The van der Waals surface area contributed by atoms with Crippen molar-refractivity contribution in [2.45, 2.75) is 13.8 Å². The number of para-hydroxylation sites is 1. The molecule has 6 nitrogen and oxygen atoms in total. The summed E-state index contributed by atoms with van der Waals surface area (Å²) in [5, 5.41) is 4.11. The first-order valence-electron chi connectivity index (χ1n) is 10.5. The second-order valence-electron chi connectivity index (χ2n) is 7.43. The molecule has 4 rings (SSSR count). The maximum absolute atomic E-state index is 12.3. The smallest absolute Gasteiger partial charge is 0.251 e. The topological polar surface area (TPSA) is 57.7 Å². The van der Waals surface area contributed by atoms with Gasteiger partial charge in [-0.1, -0.05) is 35.6 Å². The molecule has 0 bridgehead atoms. The van der Waals surface area contributed by atoms with Crippen LogP contribution in [-0.4, -0.2) is 61.7 Å². The molecule has 2 heterocycles. The third-order valence-electron chi connectivity index (χ3n) is 5.42. The van der Waals surface area contributed by atoms with Crippen LogP contribution in [-0.2, 0) is 0 Å². The second kappa shape index (κ2) is 9.45. The van der Waals surface area contributed by atoms with Crippen LogP contribution in [0.1, 0.15) is 22.8 Å². The Bertz CT molecular complexity index is 1010. The van der Waals surface area contributed by atoms with Gasteiger partial charge in [-0.05, 0) is 37.6 Å². The van der Waals surface area contributed by atoms with Gasteiger partial charge in [-0.2, -0.15) is 0 Å². The highest BCUT2D eigenvalue weighted by atomic mass is 32.1. The number of aryl methyl sites for hydroxylation is 1. The average Bonchev–Trinajstić information content (AvgIpc) is 3.20. The zero-order valence-corrected chi connectivity index (χ0v) is 18.4. The zero-order valence-electron chi connectivity index (χ0n) is 17.6. The van der Waals surface area contributed by atoms with E-state index in [2.05, 4.69) is 21.2 Å². The molecule has 3 aromatic rings. The van der Waals surface area contributed by atoms with Crippen molar-refractivity contribution in [1.29, 1.82) is 0 Å². The minimum absolute atomic E-state index is 0.00585. The minimum atomic E-state index is 0.00585. The lowest BCUT2D eigenvalue weighted by molar-refractivity contribution is 0.0947. The van der Waals surface area contributed by atoms with Crippen LogP contribution in [0.15, 0.2) is 42.5 Å². The van der Waals surface area contributed by atoms with Gasteiger partial charge in [-0.25, -0.2) is 4.98 Å². The number of nitrogens with zero attached hydrogens (tertiary/aromatic N) is 3. The van der Waals surface area contributed by atoms with Crippen LogP contribution in [0.4, 0.5) is 5.13 Å². The molecule has 158 valence electrons. The van der Waals surface area contributed by atoms with Gasteiger partial charge in [0.15, 0.2) is 5.13 Å². The molecule has 0 saturated carbocycles. The summed E-state index contributed by atoms with van der Waals surface area (Å²) in [7, 11) is 0. The van der Waals surface area contributed by atoms with Crippen LogP contribution in [0, 0.1) is 6.92 Å². The number of amides is 1. The van der Waals surface area contributed by atoms with Crippen LogP contribution in [0.3, 0.4) is 0 Å². The highest BCUT2D eigenvalue weighted by Gasteiger charge is 2.20. The molecule has 30 heavy (non-hydrogen) atoms. The molecule has 1 fully saturated rings. The van der Waals surface area contributed by atoms with E-state index < -0.39 is 0 Å². The molecule has 1 N–H and O–H groups in total. The van der Waals surface area contributed by atoms with Gasteiger partial charge in [0.05, 0.1) is 11.3 Å². The van der Waals surface area contributed by atoms with Gasteiger partial charge in [0.25, 0.3) is 5.91 Å². The lowest BCUT2D eigenvalue weighted by Crippen LogP contribution is -2.48. The Morgan fingerprint density at radius 1 is 1.13 bits per heavy atom. The van der Waals surface area contributed by atoms with Gasteiger partial charge in [0.2, 0.25) is 0 Å². The molecule has 0 aliphatic carbocycles. The number of thiazole rings is 1. The molecule has 1 aromatic heterocycles. The molecule has 7 heteroatoms. The molecule has 1 aliphatic rings. The van der Waals surface area contributed by atoms with Gasteiger partial charge in [-0.3, -0.25) is 9.69 Å². The fourth-order valence-electron chi connectivity index (χ4n) is 3.73. The van der Waals surface area contributed by atoms with Gasteiger partial charge < -0.3 is 15.0 Å². The summed E-state index contributed by atoms with van der Waals surface area (Å²) in [5.41, 5.74) is 2.72. The maximum atomic E-state index is 12.3.